The van der Waals surface area contributed by atoms with E-state index in [0.29, 0.717) is 17.1 Å². The Hall–Kier alpha value is -2.62. The molecule has 0 bridgehead atoms. The third-order valence-electron chi connectivity index (χ3n) is 7.81. The summed E-state index contributed by atoms with van der Waals surface area (Å²) in [4.78, 5) is 26.5. The summed E-state index contributed by atoms with van der Waals surface area (Å²) in [5.74, 6) is 0.731. The lowest BCUT2D eigenvalue weighted by Crippen LogP contribution is -2.52. The zero-order chi connectivity index (χ0) is 22.0. The number of carbonyl (C=O) groups is 2. The van der Waals surface area contributed by atoms with Gasteiger partial charge in [0.2, 0.25) is 0 Å². The first-order valence-corrected chi connectivity index (χ1v) is 11.5. The van der Waals surface area contributed by atoms with E-state index in [1.165, 1.54) is 5.56 Å². The van der Waals surface area contributed by atoms with Gasteiger partial charge in [-0.1, -0.05) is 58.4 Å². The van der Waals surface area contributed by atoms with Gasteiger partial charge in [-0.05, 0) is 60.6 Å². The Kier molecular flexibility index (Phi) is 4.55. The maximum atomic E-state index is 13.5. The van der Waals surface area contributed by atoms with E-state index in [4.69, 9.17) is 9.47 Å². The third kappa shape index (κ3) is 2.87. The highest BCUT2D eigenvalue weighted by molar-refractivity contribution is 5.96. The number of carbonyl (C=O) groups excluding carboxylic acids is 2. The van der Waals surface area contributed by atoms with Crippen LogP contribution in [-0.4, -0.2) is 11.9 Å². The molecule has 4 heteroatoms. The Morgan fingerprint density at radius 2 is 1.90 bits per heavy atom. The Bertz CT molecular complexity index is 1070. The van der Waals surface area contributed by atoms with Crippen molar-refractivity contribution in [2.24, 2.45) is 11.3 Å². The van der Waals surface area contributed by atoms with Gasteiger partial charge < -0.3 is 9.47 Å². The van der Waals surface area contributed by atoms with E-state index in [-0.39, 0.29) is 23.2 Å². The van der Waals surface area contributed by atoms with Crippen LogP contribution < -0.4 is 9.47 Å². The molecular weight excluding hydrogens is 388 g/mol. The summed E-state index contributed by atoms with van der Waals surface area (Å²) >= 11 is 0. The fraction of sp³-hybridized carbons (Fsp3) is 0.481. The van der Waals surface area contributed by atoms with Crippen LogP contribution in [0.5, 0.6) is 11.5 Å². The Morgan fingerprint density at radius 3 is 2.61 bits per heavy atom. The molecule has 0 unspecified atom stereocenters. The molecule has 1 aliphatic heterocycles. The molecule has 162 valence electrons. The highest BCUT2D eigenvalue weighted by Crippen LogP contribution is 2.64. The summed E-state index contributed by atoms with van der Waals surface area (Å²) in [5.41, 5.74) is 3.08. The number of esters is 2. The molecule has 2 aromatic carbocycles. The fourth-order valence-corrected chi connectivity index (χ4v) is 6.36. The van der Waals surface area contributed by atoms with E-state index in [9.17, 15) is 9.59 Å². The van der Waals surface area contributed by atoms with Crippen LogP contribution in [0.3, 0.4) is 0 Å². The van der Waals surface area contributed by atoms with Crippen LogP contribution in [-0.2, 0) is 16.6 Å². The standard InChI is InChI=1S/C27H30O4/c1-16(2)19-15-18-11-12-20-26(3,4)13-8-14-27(20)21(18)23(31-25(27)29)22(19)30-24(28)17-9-6-5-7-10-17/h5-7,9-10,15-16,20H,8,11-14H2,1-4H3/t20-,27+/m0/s1. The first-order valence-electron chi connectivity index (χ1n) is 11.5. The topological polar surface area (TPSA) is 52.6 Å². The molecule has 31 heavy (non-hydrogen) atoms. The molecule has 1 saturated carbocycles. The number of aryl methyl sites for hydroxylation is 1. The van der Waals surface area contributed by atoms with Gasteiger partial charge in [-0.15, -0.1) is 0 Å². The molecule has 3 aliphatic rings. The van der Waals surface area contributed by atoms with Crippen molar-refractivity contribution in [3.63, 3.8) is 0 Å². The summed E-state index contributed by atoms with van der Waals surface area (Å²) in [5, 5.41) is 0. The van der Waals surface area contributed by atoms with Gasteiger partial charge in [0.15, 0.2) is 11.5 Å². The summed E-state index contributed by atoms with van der Waals surface area (Å²) < 4.78 is 12.0. The normalized spacial score (nSPS) is 25.6. The van der Waals surface area contributed by atoms with Crippen molar-refractivity contribution in [1.29, 1.82) is 0 Å². The third-order valence-corrected chi connectivity index (χ3v) is 7.81. The average Bonchev–Trinajstić information content (AvgIpc) is 3.03. The molecule has 0 N–H and O–H groups in total. The fourth-order valence-electron chi connectivity index (χ4n) is 6.36. The van der Waals surface area contributed by atoms with E-state index >= 15 is 0 Å². The van der Waals surface area contributed by atoms with E-state index in [0.717, 1.165) is 43.2 Å². The molecule has 0 saturated heterocycles. The van der Waals surface area contributed by atoms with E-state index in [2.05, 4.69) is 33.8 Å². The van der Waals surface area contributed by atoms with Crippen LogP contribution >= 0.6 is 0 Å². The van der Waals surface area contributed by atoms with Crippen molar-refractivity contribution >= 4 is 11.9 Å². The second kappa shape index (κ2) is 6.94. The number of hydrogen-bond donors (Lipinski definition) is 0. The lowest BCUT2D eigenvalue weighted by atomic mass is 9.50. The molecule has 0 aromatic heterocycles. The second-order valence-corrected chi connectivity index (χ2v) is 10.4. The van der Waals surface area contributed by atoms with Gasteiger partial charge in [0.25, 0.3) is 0 Å². The van der Waals surface area contributed by atoms with Crippen molar-refractivity contribution in [2.45, 2.75) is 71.1 Å². The Morgan fingerprint density at radius 1 is 1.16 bits per heavy atom. The molecule has 1 heterocycles. The predicted molar refractivity (Wildman–Crippen MR) is 119 cm³/mol. The van der Waals surface area contributed by atoms with Crippen LogP contribution in [0, 0.1) is 11.3 Å². The number of benzene rings is 2. The zero-order valence-electron chi connectivity index (χ0n) is 18.8. The average molecular weight is 419 g/mol. The zero-order valence-corrected chi connectivity index (χ0v) is 18.8. The van der Waals surface area contributed by atoms with Gasteiger partial charge in [0.05, 0.1) is 5.56 Å². The first kappa shape index (κ1) is 20.3. The molecule has 2 aliphatic carbocycles. The van der Waals surface area contributed by atoms with Crippen LogP contribution in [0.2, 0.25) is 0 Å². The molecular formula is C27H30O4. The van der Waals surface area contributed by atoms with Crippen molar-refractivity contribution < 1.29 is 19.1 Å². The van der Waals surface area contributed by atoms with Crippen LogP contribution in [0.25, 0.3) is 0 Å². The van der Waals surface area contributed by atoms with Crippen molar-refractivity contribution in [1.82, 2.24) is 0 Å². The predicted octanol–water partition coefficient (Wildman–Crippen LogP) is 5.96. The molecule has 2 atom stereocenters. The van der Waals surface area contributed by atoms with Crippen molar-refractivity contribution in [3.05, 3.63) is 58.7 Å². The van der Waals surface area contributed by atoms with E-state index in [1.54, 1.807) is 12.1 Å². The van der Waals surface area contributed by atoms with Crippen molar-refractivity contribution in [2.75, 3.05) is 0 Å². The van der Waals surface area contributed by atoms with E-state index in [1.807, 2.05) is 18.2 Å². The molecule has 0 radical (unpaired) electrons. The smallest absolute Gasteiger partial charge is 0.343 e. The molecule has 2 aromatic rings. The maximum absolute atomic E-state index is 13.5. The lowest BCUT2D eigenvalue weighted by molar-refractivity contribution is -0.145. The van der Waals surface area contributed by atoms with Gasteiger partial charge in [-0.25, -0.2) is 4.79 Å². The number of hydrogen-bond acceptors (Lipinski definition) is 4. The summed E-state index contributed by atoms with van der Waals surface area (Å²) in [6.45, 7) is 8.73. The molecule has 0 amide bonds. The van der Waals surface area contributed by atoms with E-state index < -0.39 is 11.4 Å². The van der Waals surface area contributed by atoms with Gasteiger partial charge in [0.1, 0.15) is 5.41 Å². The summed E-state index contributed by atoms with van der Waals surface area (Å²) in [7, 11) is 0. The molecule has 5 rings (SSSR count). The van der Waals surface area contributed by atoms with Gasteiger partial charge in [0, 0.05) is 11.1 Å². The monoisotopic (exact) mass is 418 g/mol. The minimum atomic E-state index is -0.603. The number of ether oxygens (including phenoxy) is 2. The first-order chi connectivity index (χ1) is 14.8. The van der Waals surface area contributed by atoms with Gasteiger partial charge in [-0.2, -0.15) is 0 Å². The highest BCUT2D eigenvalue weighted by atomic mass is 16.6. The second-order valence-electron chi connectivity index (χ2n) is 10.4. The van der Waals surface area contributed by atoms with Crippen LogP contribution in [0.15, 0.2) is 36.4 Å². The van der Waals surface area contributed by atoms with Crippen LogP contribution in [0.4, 0.5) is 0 Å². The minimum absolute atomic E-state index is 0.0775. The summed E-state index contributed by atoms with van der Waals surface area (Å²) in [6.07, 6.45) is 4.86. The number of rotatable bonds is 3. The Labute approximate surface area is 183 Å². The largest absolute Gasteiger partial charge is 0.421 e. The van der Waals surface area contributed by atoms with Crippen molar-refractivity contribution in [3.8, 4) is 11.5 Å². The SMILES string of the molecule is CC(C)c1cc2c3c(c1OC(=O)c1ccccc1)OC(=O)[C@@]31CCCC(C)(C)[C@@H]1CC2. The summed E-state index contributed by atoms with van der Waals surface area (Å²) in [6, 6.07) is 11.1. The molecule has 1 spiro atoms. The highest BCUT2D eigenvalue weighted by Gasteiger charge is 2.62. The quantitative estimate of drug-likeness (QED) is 0.456. The van der Waals surface area contributed by atoms with Crippen LogP contribution in [0.1, 0.15) is 86.3 Å². The maximum Gasteiger partial charge on any atom is 0.343 e. The Balaban J connectivity index is 1.69. The molecule has 1 fully saturated rings. The lowest BCUT2D eigenvalue weighted by Gasteiger charge is -2.51. The minimum Gasteiger partial charge on any atom is -0.421 e. The van der Waals surface area contributed by atoms with Gasteiger partial charge >= 0.3 is 11.9 Å². The van der Waals surface area contributed by atoms with Gasteiger partial charge in [-0.3, -0.25) is 4.79 Å². The molecule has 4 nitrogen and oxygen atoms in total.